The van der Waals surface area contributed by atoms with Gasteiger partial charge in [0.25, 0.3) is 0 Å². The number of hydrogen-bond acceptors (Lipinski definition) is 1. The Labute approximate surface area is 100 Å². The lowest BCUT2D eigenvalue weighted by atomic mass is 10.1. The maximum Gasteiger partial charge on any atom is 0.416 e. The number of rotatable bonds is 4. The van der Waals surface area contributed by atoms with Crippen LogP contribution in [-0.4, -0.2) is 11.0 Å². The van der Waals surface area contributed by atoms with E-state index in [4.69, 9.17) is 0 Å². The molecule has 84 valence electrons. The van der Waals surface area contributed by atoms with Crippen molar-refractivity contribution in [3.63, 3.8) is 0 Å². The van der Waals surface area contributed by atoms with Gasteiger partial charge in [0.2, 0.25) is 0 Å². The topological polar surface area (TPSA) is 12.0 Å². The smallest absolute Gasteiger partial charge is 0.312 e. The largest absolute Gasteiger partial charge is 0.416 e. The molecule has 0 saturated carbocycles. The molecule has 1 N–H and O–H groups in total. The third-order valence-electron chi connectivity index (χ3n) is 1.88. The summed E-state index contributed by atoms with van der Waals surface area (Å²) < 4.78 is 37.6. The summed E-state index contributed by atoms with van der Waals surface area (Å²) in [7, 11) is 0. The Morgan fingerprint density at radius 1 is 1.13 bits per heavy atom. The molecule has 0 radical (unpaired) electrons. The van der Waals surface area contributed by atoms with E-state index >= 15 is 0 Å². The number of halogens is 4. The van der Waals surface area contributed by atoms with Gasteiger partial charge in [-0.1, -0.05) is 34.7 Å². The lowest BCUT2D eigenvalue weighted by Crippen LogP contribution is -2.15. The van der Waals surface area contributed by atoms with Gasteiger partial charge in [0.05, 0.1) is 5.56 Å². The molecule has 0 aromatic heterocycles. The molecule has 0 fully saturated rings. The highest BCUT2D eigenvalue weighted by Gasteiger charge is 2.29. The molecule has 1 aromatic rings. The monoisotopic (exact) mass is 329 g/mol. The van der Waals surface area contributed by atoms with Crippen LogP contribution < -0.4 is 5.32 Å². The summed E-state index contributed by atoms with van der Waals surface area (Å²) in [6.45, 7) is 1.47. The third-order valence-corrected chi connectivity index (χ3v) is 2.42. The van der Waals surface area contributed by atoms with Crippen LogP contribution in [0.25, 0.3) is 0 Å². The molecular formula is C10H11F3IN. The zero-order chi connectivity index (χ0) is 11.3. The first-order valence-corrected chi connectivity index (χ1v) is 5.99. The summed E-state index contributed by atoms with van der Waals surface area (Å²) in [5.74, 6) is 0. The summed E-state index contributed by atoms with van der Waals surface area (Å²) in [5.41, 5.74) is 0.271. The molecule has 1 nitrogen and oxygen atoms in total. The van der Waals surface area contributed by atoms with Crippen molar-refractivity contribution in [1.29, 1.82) is 0 Å². The SMILES string of the molecule is FC(F)(F)c1ccc(CNCCI)cc1. The Balaban J connectivity index is 2.57. The van der Waals surface area contributed by atoms with Crippen molar-refractivity contribution >= 4 is 22.6 Å². The standard InChI is InChI=1S/C10H11F3IN/c11-10(12,13)9-3-1-8(2-4-9)7-15-6-5-14/h1-4,15H,5-7H2. The molecule has 0 saturated heterocycles. The van der Waals surface area contributed by atoms with Crippen LogP contribution in [0.4, 0.5) is 13.2 Å². The summed E-state index contributed by atoms with van der Waals surface area (Å²) >= 11 is 2.23. The van der Waals surface area contributed by atoms with E-state index in [0.29, 0.717) is 6.54 Å². The van der Waals surface area contributed by atoms with E-state index in [9.17, 15) is 13.2 Å². The fourth-order valence-electron chi connectivity index (χ4n) is 1.11. The van der Waals surface area contributed by atoms with Crippen LogP contribution in [-0.2, 0) is 12.7 Å². The molecule has 1 aromatic carbocycles. The summed E-state index contributed by atoms with van der Waals surface area (Å²) in [6.07, 6.45) is -4.24. The van der Waals surface area contributed by atoms with Crippen LogP contribution in [0.2, 0.25) is 0 Å². The van der Waals surface area contributed by atoms with Crippen LogP contribution in [0.5, 0.6) is 0 Å². The van der Waals surface area contributed by atoms with Crippen molar-refractivity contribution in [2.24, 2.45) is 0 Å². The fourth-order valence-corrected chi connectivity index (χ4v) is 1.49. The molecule has 0 atom stereocenters. The third kappa shape index (κ3) is 4.38. The predicted octanol–water partition coefficient (Wildman–Crippen LogP) is 3.23. The Bertz CT molecular complexity index is 295. The van der Waals surface area contributed by atoms with Crippen molar-refractivity contribution in [1.82, 2.24) is 5.32 Å². The quantitative estimate of drug-likeness (QED) is 0.508. The fraction of sp³-hybridized carbons (Fsp3) is 0.400. The van der Waals surface area contributed by atoms with E-state index < -0.39 is 11.7 Å². The number of hydrogen-bond donors (Lipinski definition) is 1. The molecule has 0 amide bonds. The zero-order valence-electron chi connectivity index (χ0n) is 7.94. The molecule has 5 heteroatoms. The second kappa shape index (κ2) is 5.69. The Morgan fingerprint density at radius 2 is 1.73 bits per heavy atom. The maximum atomic E-state index is 12.2. The Morgan fingerprint density at radius 3 is 2.20 bits per heavy atom. The predicted molar refractivity (Wildman–Crippen MR) is 62.0 cm³/mol. The molecule has 15 heavy (non-hydrogen) atoms. The first-order chi connectivity index (χ1) is 7.04. The van der Waals surface area contributed by atoms with Gasteiger partial charge < -0.3 is 5.32 Å². The van der Waals surface area contributed by atoms with Crippen molar-refractivity contribution in [2.45, 2.75) is 12.7 Å². The lowest BCUT2D eigenvalue weighted by Gasteiger charge is -2.07. The summed E-state index contributed by atoms with van der Waals surface area (Å²) in [6, 6.07) is 5.23. The van der Waals surface area contributed by atoms with Crippen molar-refractivity contribution in [3.8, 4) is 0 Å². The Kier molecular flexibility index (Phi) is 4.85. The lowest BCUT2D eigenvalue weighted by molar-refractivity contribution is -0.137. The minimum atomic E-state index is -4.24. The molecule has 0 aliphatic carbocycles. The van der Waals surface area contributed by atoms with Gasteiger partial charge in [0.15, 0.2) is 0 Å². The summed E-state index contributed by atoms with van der Waals surface area (Å²) in [5, 5.41) is 3.12. The van der Waals surface area contributed by atoms with E-state index in [1.165, 1.54) is 12.1 Å². The number of nitrogens with one attached hydrogen (secondary N) is 1. The highest BCUT2D eigenvalue weighted by atomic mass is 127. The van der Waals surface area contributed by atoms with Crippen molar-refractivity contribution < 1.29 is 13.2 Å². The molecule has 1 rings (SSSR count). The highest BCUT2D eigenvalue weighted by Crippen LogP contribution is 2.28. The molecule has 0 heterocycles. The van der Waals surface area contributed by atoms with Gasteiger partial charge in [-0.25, -0.2) is 0 Å². The Hall–Kier alpha value is -0.300. The molecule has 0 aliphatic rings. The normalized spacial score (nSPS) is 11.7. The maximum absolute atomic E-state index is 12.2. The van der Waals surface area contributed by atoms with Crippen LogP contribution in [0.3, 0.4) is 0 Å². The molecule has 0 aliphatic heterocycles. The molecule has 0 unspecified atom stereocenters. The van der Waals surface area contributed by atoms with Crippen LogP contribution in [0, 0.1) is 0 Å². The van der Waals surface area contributed by atoms with Gasteiger partial charge in [-0.3, -0.25) is 0 Å². The number of benzene rings is 1. The molecular weight excluding hydrogens is 318 g/mol. The van der Waals surface area contributed by atoms with Gasteiger partial charge >= 0.3 is 6.18 Å². The van der Waals surface area contributed by atoms with Crippen LogP contribution in [0.1, 0.15) is 11.1 Å². The van der Waals surface area contributed by atoms with Gasteiger partial charge in [-0.2, -0.15) is 13.2 Å². The van der Waals surface area contributed by atoms with E-state index in [1.54, 1.807) is 0 Å². The van der Waals surface area contributed by atoms with E-state index in [-0.39, 0.29) is 0 Å². The first-order valence-electron chi connectivity index (χ1n) is 4.47. The van der Waals surface area contributed by atoms with E-state index in [0.717, 1.165) is 28.7 Å². The van der Waals surface area contributed by atoms with E-state index in [1.807, 2.05) is 0 Å². The van der Waals surface area contributed by atoms with Crippen molar-refractivity contribution in [3.05, 3.63) is 35.4 Å². The minimum Gasteiger partial charge on any atom is -0.312 e. The number of alkyl halides is 4. The van der Waals surface area contributed by atoms with Gasteiger partial charge in [0, 0.05) is 17.5 Å². The van der Waals surface area contributed by atoms with Gasteiger partial charge in [-0.15, -0.1) is 0 Å². The van der Waals surface area contributed by atoms with Gasteiger partial charge in [-0.05, 0) is 17.7 Å². The minimum absolute atomic E-state index is 0.597. The summed E-state index contributed by atoms with van der Waals surface area (Å²) in [4.78, 5) is 0. The molecule has 0 bridgehead atoms. The van der Waals surface area contributed by atoms with Crippen LogP contribution in [0.15, 0.2) is 24.3 Å². The zero-order valence-corrected chi connectivity index (χ0v) is 10.1. The van der Waals surface area contributed by atoms with E-state index in [2.05, 4.69) is 27.9 Å². The second-order valence-corrected chi connectivity index (χ2v) is 4.14. The molecule has 0 spiro atoms. The van der Waals surface area contributed by atoms with Crippen LogP contribution >= 0.6 is 22.6 Å². The average molecular weight is 329 g/mol. The highest BCUT2D eigenvalue weighted by molar-refractivity contribution is 14.1. The average Bonchev–Trinajstić information content (AvgIpc) is 2.18. The van der Waals surface area contributed by atoms with Gasteiger partial charge in [0.1, 0.15) is 0 Å². The van der Waals surface area contributed by atoms with Crippen molar-refractivity contribution in [2.75, 3.05) is 11.0 Å². The first kappa shape index (κ1) is 12.8. The second-order valence-electron chi connectivity index (χ2n) is 3.06.